The fourth-order valence-corrected chi connectivity index (χ4v) is 2.28. The molecule has 0 aromatic carbocycles. The maximum absolute atomic E-state index is 13.1. The first-order chi connectivity index (χ1) is 10.9. The number of hydrogen-bond donors (Lipinski definition) is 0. The molecule has 122 valence electrons. The number of fused-ring (bicyclic) bond motifs is 3. The summed E-state index contributed by atoms with van der Waals surface area (Å²) in [5.41, 5.74) is -0.00502. The molecule has 1 unspecified atom stereocenters. The van der Waals surface area contributed by atoms with E-state index in [2.05, 4.69) is 20.2 Å². The van der Waals surface area contributed by atoms with E-state index in [-0.39, 0.29) is 35.1 Å². The molecule has 3 heterocycles. The van der Waals surface area contributed by atoms with Crippen molar-refractivity contribution in [2.75, 3.05) is 18.6 Å². The van der Waals surface area contributed by atoms with Gasteiger partial charge < -0.3 is 4.74 Å². The first kappa shape index (κ1) is 15.6. The molecule has 11 heteroatoms. The third-order valence-corrected chi connectivity index (χ3v) is 3.66. The van der Waals surface area contributed by atoms with Crippen LogP contribution in [0, 0.1) is 0 Å². The van der Waals surface area contributed by atoms with E-state index in [0.717, 1.165) is 4.40 Å². The van der Waals surface area contributed by atoms with Crippen molar-refractivity contribution < 1.29 is 22.1 Å². The molecule has 3 rings (SSSR count). The van der Waals surface area contributed by atoms with Crippen LogP contribution in [-0.2, 0) is 17.0 Å². The molecule has 3 aromatic rings. The first-order valence-corrected chi connectivity index (χ1v) is 8.10. The van der Waals surface area contributed by atoms with Crippen molar-refractivity contribution >= 4 is 27.6 Å². The first-order valence-electron chi connectivity index (χ1n) is 6.38. The van der Waals surface area contributed by atoms with Gasteiger partial charge >= 0.3 is 6.18 Å². The Morgan fingerprint density at radius 2 is 2.09 bits per heavy atom. The van der Waals surface area contributed by atoms with Crippen LogP contribution in [0.1, 0.15) is 5.82 Å². The van der Waals surface area contributed by atoms with Gasteiger partial charge in [0.15, 0.2) is 5.65 Å². The molecule has 0 aliphatic carbocycles. The van der Waals surface area contributed by atoms with Crippen LogP contribution in [-0.4, -0.2) is 47.4 Å². The molecule has 7 nitrogen and oxygen atoms in total. The lowest BCUT2D eigenvalue weighted by Crippen LogP contribution is -2.13. The van der Waals surface area contributed by atoms with Gasteiger partial charge in [-0.15, -0.1) is 10.2 Å². The van der Waals surface area contributed by atoms with E-state index in [4.69, 9.17) is 4.74 Å². The maximum Gasteiger partial charge on any atom is 0.452 e. The van der Waals surface area contributed by atoms with Crippen LogP contribution in [0.15, 0.2) is 18.3 Å². The lowest BCUT2D eigenvalue weighted by atomic mass is 10.4. The number of alkyl halides is 3. The van der Waals surface area contributed by atoms with Crippen LogP contribution in [0.5, 0.6) is 5.88 Å². The Morgan fingerprint density at radius 1 is 1.30 bits per heavy atom. The average molecular weight is 345 g/mol. The van der Waals surface area contributed by atoms with Gasteiger partial charge in [0.25, 0.3) is 5.88 Å². The molecule has 0 saturated heterocycles. The predicted octanol–water partition coefficient (Wildman–Crippen LogP) is 1.45. The van der Waals surface area contributed by atoms with Crippen molar-refractivity contribution in [3.63, 3.8) is 0 Å². The minimum atomic E-state index is -4.70. The number of halogens is 3. The molecule has 0 bridgehead atoms. The van der Waals surface area contributed by atoms with Crippen molar-refractivity contribution in [1.29, 1.82) is 0 Å². The van der Waals surface area contributed by atoms with Gasteiger partial charge in [0.05, 0.1) is 5.75 Å². The quantitative estimate of drug-likeness (QED) is 0.712. The van der Waals surface area contributed by atoms with Gasteiger partial charge in [-0.1, -0.05) is 0 Å². The Hall–Kier alpha value is -2.30. The molecule has 0 N–H and O–H groups in total. The summed E-state index contributed by atoms with van der Waals surface area (Å²) in [7, 11) is -1.10. The fraction of sp³-hybridized carbons (Fsp3) is 0.333. The summed E-state index contributed by atoms with van der Waals surface area (Å²) in [5.74, 6) is -1.10. The van der Waals surface area contributed by atoms with Crippen LogP contribution in [0.2, 0.25) is 0 Å². The number of nitrogens with zero attached hydrogens (tertiary/aromatic N) is 5. The topological polar surface area (TPSA) is 82.3 Å². The standard InChI is InChI=1S/C12H10F3N5O2S/c1-23(21)6-5-22-10-9-18-19-11(12(13,14)15)20(9)8-7(17-10)3-2-4-16-8/h2-4H,5-6H2,1H3. The molecule has 0 radical (unpaired) electrons. The second-order valence-electron chi connectivity index (χ2n) is 4.57. The van der Waals surface area contributed by atoms with E-state index in [1.54, 1.807) is 6.07 Å². The van der Waals surface area contributed by atoms with Gasteiger partial charge in [0.2, 0.25) is 11.5 Å². The highest BCUT2D eigenvalue weighted by Gasteiger charge is 2.38. The Labute approximate surface area is 130 Å². The average Bonchev–Trinajstić information content (AvgIpc) is 2.92. The Bertz CT molecular complexity index is 895. The number of ether oxygens (including phenoxy) is 1. The van der Waals surface area contributed by atoms with E-state index < -0.39 is 22.8 Å². The van der Waals surface area contributed by atoms with E-state index in [1.807, 2.05) is 0 Å². The summed E-state index contributed by atoms with van der Waals surface area (Å²) in [5, 5.41) is 6.71. The summed E-state index contributed by atoms with van der Waals surface area (Å²) in [6.45, 7) is 0.0335. The number of rotatable bonds is 4. The van der Waals surface area contributed by atoms with Crippen molar-refractivity contribution in [3.8, 4) is 5.88 Å². The minimum absolute atomic E-state index is 0.0220. The third kappa shape index (κ3) is 2.96. The monoisotopic (exact) mass is 345 g/mol. The summed E-state index contributed by atoms with van der Waals surface area (Å²) < 4.78 is 56.5. The van der Waals surface area contributed by atoms with Crippen LogP contribution >= 0.6 is 0 Å². The molecule has 0 aliphatic rings. The minimum Gasteiger partial charge on any atom is -0.474 e. The van der Waals surface area contributed by atoms with Crippen molar-refractivity contribution in [2.45, 2.75) is 6.18 Å². The largest absolute Gasteiger partial charge is 0.474 e. The Morgan fingerprint density at radius 3 is 2.78 bits per heavy atom. The fourth-order valence-electron chi connectivity index (χ4n) is 1.97. The zero-order chi connectivity index (χ0) is 16.6. The zero-order valence-electron chi connectivity index (χ0n) is 11.7. The highest BCUT2D eigenvalue weighted by Crippen LogP contribution is 2.31. The maximum atomic E-state index is 13.1. The van der Waals surface area contributed by atoms with Gasteiger partial charge in [0, 0.05) is 23.3 Å². The highest BCUT2D eigenvalue weighted by atomic mass is 32.2. The van der Waals surface area contributed by atoms with Crippen LogP contribution in [0.25, 0.3) is 16.8 Å². The summed E-state index contributed by atoms with van der Waals surface area (Å²) >= 11 is 0. The van der Waals surface area contributed by atoms with E-state index in [1.165, 1.54) is 18.5 Å². The van der Waals surface area contributed by atoms with E-state index in [9.17, 15) is 17.4 Å². The summed E-state index contributed by atoms with van der Waals surface area (Å²) in [4.78, 5) is 8.04. The highest BCUT2D eigenvalue weighted by molar-refractivity contribution is 7.84. The molecule has 0 fully saturated rings. The predicted molar refractivity (Wildman–Crippen MR) is 75.5 cm³/mol. The second kappa shape index (κ2) is 5.72. The Kier molecular flexibility index (Phi) is 3.88. The SMILES string of the molecule is CS(=O)CCOc1nc2cccnc2n2c(C(F)(F)F)nnc12. The molecule has 1 atom stereocenters. The number of pyridine rings is 1. The lowest BCUT2D eigenvalue weighted by molar-refractivity contribution is -0.145. The van der Waals surface area contributed by atoms with Crippen molar-refractivity contribution in [2.24, 2.45) is 0 Å². The molecule has 0 amide bonds. The summed E-state index contributed by atoms with van der Waals surface area (Å²) in [6.07, 6.45) is -1.85. The van der Waals surface area contributed by atoms with Crippen LogP contribution < -0.4 is 4.74 Å². The van der Waals surface area contributed by atoms with E-state index >= 15 is 0 Å². The molecule has 0 saturated carbocycles. The Balaban J connectivity index is 2.20. The lowest BCUT2D eigenvalue weighted by Gasteiger charge is -2.09. The summed E-state index contributed by atoms with van der Waals surface area (Å²) in [6, 6.07) is 3.05. The molecule has 0 aliphatic heterocycles. The number of hydrogen-bond acceptors (Lipinski definition) is 6. The van der Waals surface area contributed by atoms with Gasteiger partial charge in [0.1, 0.15) is 12.1 Å². The van der Waals surface area contributed by atoms with Gasteiger partial charge in [-0.2, -0.15) is 13.2 Å². The van der Waals surface area contributed by atoms with E-state index in [0.29, 0.717) is 0 Å². The zero-order valence-corrected chi connectivity index (χ0v) is 12.6. The normalized spacial score (nSPS) is 13.6. The van der Waals surface area contributed by atoms with Crippen LogP contribution in [0.3, 0.4) is 0 Å². The van der Waals surface area contributed by atoms with Gasteiger partial charge in [-0.25, -0.2) is 14.4 Å². The number of aromatic nitrogens is 5. The third-order valence-electron chi connectivity index (χ3n) is 2.92. The van der Waals surface area contributed by atoms with Crippen LogP contribution in [0.4, 0.5) is 13.2 Å². The molecule has 3 aromatic heterocycles. The second-order valence-corrected chi connectivity index (χ2v) is 6.12. The molecular formula is C12H10F3N5O2S. The molecule has 23 heavy (non-hydrogen) atoms. The van der Waals surface area contributed by atoms with Gasteiger partial charge in [-0.05, 0) is 12.1 Å². The van der Waals surface area contributed by atoms with Crippen molar-refractivity contribution in [3.05, 3.63) is 24.2 Å². The van der Waals surface area contributed by atoms with Gasteiger partial charge in [-0.3, -0.25) is 4.21 Å². The smallest absolute Gasteiger partial charge is 0.452 e. The molecule has 0 spiro atoms. The molecular weight excluding hydrogens is 335 g/mol. The van der Waals surface area contributed by atoms with Crippen molar-refractivity contribution in [1.82, 2.24) is 24.6 Å².